The maximum Gasteiger partial charge on any atom is 0.236 e. The second kappa shape index (κ2) is 9.94. The molecule has 1 N–H and O–H groups in total. The van der Waals surface area contributed by atoms with Crippen molar-refractivity contribution in [3.8, 4) is 22.9 Å². The number of ether oxygens (including phenoxy) is 2. The minimum absolute atomic E-state index is 0.124. The van der Waals surface area contributed by atoms with Crippen molar-refractivity contribution in [1.82, 2.24) is 19.7 Å². The molecule has 0 bridgehead atoms. The van der Waals surface area contributed by atoms with Crippen molar-refractivity contribution in [2.24, 2.45) is 5.92 Å². The van der Waals surface area contributed by atoms with Gasteiger partial charge < -0.3 is 19.4 Å². The summed E-state index contributed by atoms with van der Waals surface area (Å²) < 4.78 is 12.8. The molecule has 2 aromatic heterocycles. The van der Waals surface area contributed by atoms with Crippen LogP contribution < -0.4 is 14.8 Å². The van der Waals surface area contributed by atoms with Crippen LogP contribution in [-0.2, 0) is 11.3 Å². The van der Waals surface area contributed by atoms with Gasteiger partial charge in [0.2, 0.25) is 5.91 Å². The number of nitrogens with zero attached hydrogens (tertiary/aromatic N) is 4. The molecule has 0 spiro atoms. The lowest BCUT2D eigenvalue weighted by molar-refractivity contribution is -0.113. The number of methoxy groups -OCH3 is 2. The smallest absolute Gasteiger partial charge is 0.236 e. The van der Waals surface area contributed by atoms with Gasteiger partial charge in [0.1, 0.15) is 0 Å². The summed E-state index contributed by atoms with van der Waals surface area (Å²) >= 11 is 2.77. The van der Waals surface area contributed by atoms with Crippen LogP contribution in [0.15, 0.2) is 28.7 Å². The molecule has 2 heterocycles. The minimum Gasteiger partial charge on any atom is -0.493 e. The van der Waals surface area contributed by atoms with Crippen LogP contribution in [0, 0.1) is 12.8 Å². The SMILES string of the molecule is COc1ccc(-c2nnc(SCC(=O)Nc3nc(C)cs3)n2CC(C)C)cc1OC. The standard InChI is InChI=1S/C20H25N5O3S2/c1-12(2)9-25-18(14-6-7-15(27-4)16(8-14)28-5)23-24-20(25)30-11-17(26)22-19-21-13(3)10-29-19/h6-8,10,12H,9,11H2,1-5H3,(H,21,22,26). The van der Waals surface area contributed by atoms with Crippen LogP contribution >= 0.6 is 23.1 Å². The Morgan fingerprint density at radius 1 is 1.23 bits per heavy atom. The van der Waals surface area contributed by atoms with Crippen LogP contribution in [0.5, 0.6) is 11.5 Å². The summed E-state index contributed by atoms with van der Waals surface area (Å²) in [5.41, 5.74) is 1.76. The highest BCUT2D eigenvalue weighted by molar-refractivity contribution is 7.99. The Morgan fingerprint density at radius 3 is 2.63 bits per heavy atom. The zero-order valence-corrected chi connectivity index (χ0v) is 19.3. The van der Waals surface area contributed by atoms with Gasteiger partial charge in [-0.2, -0.15) is 0 Å². The number of thioether (sulfide) groups is 1. The molecule has 160 valence electrons. The Balaban J connectivity index is 1.80. The maximum atomic E-state index is 12.3. The number of thiazole rings is 1. The third kappa shape index (κ3) is 5.31. The predicted octanol–water partition coefficient (Wildman–Crippen LogP) is 4.11. The van der Waals surface area contributed by atoms with E-state index >= 15 is 0 Å². The fourth-order valence-corrected chi connectivity index (χ4v) is 4.26. The number of amides is 1. The molecule has 1 aromatic carbocycles. The molecular formula is C20H25N5O3S2. The molecule has 0 saturated carbocycles. The van der Waals surface area contributed by atoms with Crippen molar-refractivity contribution in [3.63, 3.8) is 0 Å². The number of nitrogens with one attached hydrogen (secondary N) is 1. The number of aromatic nitrogens is 4. The molecule has 30 heavy (non-hydrogen) atoms. The van der Waals surface area contributed by atoms with E-state index in [4.69, 9.17) is 9.47 Å². The van der Waals surface area contributed by atoms with E-state index in [9.17, 15) is 4.79 Å². The number of benzene rings is 1. The van der Waals surface area contributed by atoms with E-state index in [2.05, 4.69) is 34.3 Å². The van der Waals surface area contributed by atoms with Crippen LogP contribution in [0.25, 0.3) is 11.4 Å². The van der Waals surface area contributed by atoms with E-state index in [1.54, 1.807) is 14.2 Å². The second-order valence-electron chi connectivity index (χ2n) is 7.01. The molecule has 0 saturated heterocycles. The third-order valence-electron chi connectivity index (χ3n) is 4.10. The number of carbonyl (C=O) groups is 1. The van der Waals surface area contributed by atoms with E-state index in [0.717, 1.165) is 23.6 Å². The van der Waals surface area contributed by atoms with Gasteiger partial charge in [-0.1, -0.05) is 25.6 Å². The third-order valence-corrected chi connectivity index (χ3v) is 5.95. The monoisotopic (exact) mass is 447 g/mol. The number of hydrogen-bond acceptors (Lipinski definition) is 8. The Morgan fingerprint density at radius 2 is 2.00 bits per heavy atom. The zero-order chi connectivity index (χ0) is 21.7. The topological polar surface area (TPSA) is 91.2 Å². The van der Waals surface area contributed by atoms with Gasteiger partial charge in [0.15, 0.2) is 27.6 Å². The lowest BCUT2D eigenvalue weighted by Gasteiger charge is -2.14. The Kier molecular flexibility index (Phi) is 7.33. The maximum absolute atomic E-state index is 12.3. The Hall–Kier alpha value is -2.59. The van der Waals surface area contributed by atoms with Crippen LogP contribution in [0.1, 0.15) is 19.5 Å². The first-order valence-corrected chi connectivity index (χ1v) is 11.3. The summed E-state index contributed by atoms with van der Waals surface area (Å²) in [5.74, 6) is 2.48. The largest absolute Gasteiger partial charge is 0.493 e. The molecule has 8 nitrogen and oxygen atoms in total. The van der Waals surface area contributed by atoms with E-state index < -0.39 is 0 Å². The number of anilines is 1. The highest BCUT2D eigenvalue weighted by Gasteiger charge is 2.18. The van der Waals surface area contributed by atoms with E-state index in [-0.39, 0.29) is 11.7 Å². The van der Waals surface area contributed by atoms with Crippen molar-refractivity contribution < 1.29 is 14.3 Å². The molecule has 0 aliphatic rings. The Labute approximate surface area is 184 Å². The van der Waals surface area contributed by atoms with Gasteiger partial charge in [0.05, 0.1) is 25.7 Å². The zero-order valence-electron chi connectivity index (χ0n) is 17.6. The molecule has 0 atom stereocenters. The second-order valence-corrected chi connectivity index (χ2v) is 8.81. The van der Waals surface area contributed by atoms with Gasteiger partial charge in [0, 0.05) is 17.5 Å². The molecule has 3 rings (SSSR count). The van der Waals surface area contributed by atoms with Crippen molar-refractivity contribution >= 4 is 34.1 Å². The number of hydrogen-bond donors (Lipinski definition) is 1. The molecule has 0 aliphatic heterocycles. The van der Waals surface area contributed by atoms with E-state index in [1.807, 2.05) is 35.1 Å². The normalized spacial score (nSPS) is 11.0. The molecular weight excluding hydrogens is 422 g/mol. The molecule has 3 aromatic rings. The van der Waals surface area contributed by atoms with Gasteiger partial charge in [0.25, 0.3) is 0 Å². The van der Waals surface area contributed by atoms with Crippen LogP contribution in [-0.4, -0.2) is 45.6 Å². The van der Waals surface area contributed by atoms with E-state index in [1.165, 1.54) is 23.1 Å². The molecule has 0 unspecified atom stereocenters. The summed E-state index contributed by atoms with van der Waals surface area (Å²) in [6.07, 6.45) is 0. The van der Waals surface area contributed by atoms with Crippen molar-refractivity contribution in [2.45, 2.75) is 32.5 Å². The predicted molar refractivity (Wildman–Crippen MR) is 120 cm³/mol. The summed E-state index contributed by atoms with van der Waals surface area (Å²) in [7, 11) is 3.20. The fourth-order valence-electron chi connectivity index (χ4n) is 2.81. The van der Waals surface area contributed by atoms with Gasteiger partial charge in [-0.15, -0.1) is 21.5 Å². The van der Waals surface area contributed by atoms with Crippen LogP contribution in [0.4, 0.5) is 5.13 Å². The molecule has 0 radical (unpaired) electrons. The van der Waals surface area contributed by atoms with Crippen LogP contribution in [0.3, 0.4) is 0 Å². The number of carbonyl (C=O) groups excluding carboxylic acids is 1. The van der Waals surface area contributed by atoms with Gasteiger partial charge >= 0.3 is 0 Å². The average Bonchev–Trinajstić information content (AvgIpc) is 3.31. The van der Waals surface area contributed by atoms with Crippen LogP contribution in [0.2, 0.25) is 0 Å². The first-order chi connectivity index (χ1) is 14.4. The lowest BCUT2D eigenvalue weighted by Crippen LogP contribution is -2.15. The molecule has 0 fully saturated rings. The Bertz CT molecular complexity index is 1020. The highest BCUT2D eigenvalue weighted by atomic mass is 32.2. The van der Waals surface area contributed by atoms with Crippen molar-refractivity contribution in [1.29, 1.82) is 0 Å². The fraction of sp³-hybridized carbons (Fsp3) is 0.400. The van der Waals surface area contributed by atoms with Gasteiger partial charge in [-0.3, -0.25) is 4.79 Å². The summed E-state index contributed by atoms with van der Waals surface area (Å²) in [5, 5.41) is 14.7. The molecule has 10 heteroatoms. The number of rotatable bonds is 9. The molecule has 1 amide bonds. The quantitative estimate of drug-likeness (QED) is 0.494. The lowest BCUT2D eigenvalue weighted by atomic mass is 10.1. The first-order valence-electron chi connectivity index (χ1n) is 9.41. The van der Waals surface area contributed by atoms with Crippen molar-refractivity contribution in [2.75, 3.05) is 25.3 Å². The first kappa shape index (κ1) is 22.1. The van der Waals surface area contributed by atoms with Gasteiger partial charge in [-0.25, -0.2) is 4.98 Å². The van der Waals surface area contributed by atoms with E-state index in [0.29, 0.717) is 27.7 Å². The minimum atomic E-state index is -0.124. The van der Waals surface area contributed by atoms with Gasteiger partial charge in [-0.05, 0) is 31.0 Å². The average molecular weight is 448 g/mol. The van der Waals surface area contributed by atoms with Crippen molar-refractivity contribution in [3.05, 3.63) is 29.3 Å². The summed E-state index contributed by atoms with van der Waals surface area (Å²) in [6, 6.07) is 5.65. The summed E-state index contributed by atoms with van der Waals surface area (Å²) in [4.78, 5) is 16.6. The number of aryl methyl sites for hydroxylation is 1. The molecule has 0 aliphatic carbocycles. The summed E-state index contributed by atoms with van der Waals surface area (Å²) in [6.45, 7) is 6.88. The highest BCUT2D eigenvalue weighted by Crippen LogP contribution is 2.33.